The number of nitrogens with two attached hydrogens (primary N) is 1. The van der Waals surface area contributed by atoms with Gasteiger partial charge in [0.15, 0.2) is 0 Å². The van der Waals surface area contributed by atoms with Crippen molar-refractivity contribution in [3.63, 3.8) is 0 Å². The molecule has 72 valence electrons. The van der Waals surface area contributed by atoms with E-state index in [0.29, 0.717) is 5.02 Å². The monoisotopic (exact) mass is 199 g/mol. The molecule has 1 aromatic rings. The molecule has 0 spiro atoms. The zero-order chi connectivity index (χ0) is 10.2. The van der Waals surface area contributed by atoms with Crippen molar-refractivity contribution in [3.8, 4) is 5.75 Å². The summed E-state index contributed by atoms with van der Waals surface area (Å²) in [5, 5.41) is 10.3. The molecule has 1 rings (SSSR count). The Balaban J connectivity index is 3.44. The smallest absolute Gasteiger partial charge is 0.120 e. The van der Waals surface area contributed by atoms with Gasteiger partial charge < -0.3 is 10.8 Å². The van der Waals surface area contributed by atoms with Gasteiger partial charge in [0.2, 0.25) is 0 Å². The first-order valence-electron chi connectivity index (χ1n) is 4.19. The molecule has 0 aliphatic rings. The van der Waals surface area contributed by atoms with E-state index in [-0.39, 0.29) is 11.8 Å². The average Bonchev–Trinajstić information content (AvgIpc) is 1.99. The Hall–Kier alpha value is -0.730. The molecule has 0 aromatic heterocycles. The third-order valence-electron chi connectivity index (χ3n) is 2.16. The summed E-state index contributed by atoms with van der Waals surface area (Å²) in [6.07, 6.45) is 0. The quantitative estimate of drug-likeness (QED) is 0.731. The Labute approximate surface area is 83.3 Å². The van der Waals surface area contributed by atoms with E-state index in [2.05, 4.69) is 0 Å². The third kappa shape index (κ3) is 1.79. The molecule has 3 heteroatoms. The molecule has 0 bridgehead atoms. The number of hydrogen-bond donors (Lipinski definition) is 2. The zero-order valence-corrected chi connectivity index (χ0v) is 8.81. The summed E-state index contributed by atoms with van der Waals surface area (Å²) >= 11 is 6.03. The van der Waals surface area contributed by atoms with Crippen molar-refractivity contribution in [3.05, 3.63) is 27.8 Å². The van der Waals surface area contributed by atoms with Gasteiger partial charge in [-0.3, -0.25) is 0 Å². The van der Waals surface area contributed by atoms with E-state index in [1.165, 1.54) is 0 Å². The van der Waals surface area contributed by atoms with Crippen molar-refractivity contribution >= 4 is 11.6 Å². The van der Waals surface area contributed by atoms with Gasteiger partial charge in [-0.2, -0.15) is 0 Å². The van der Waals surface area contributed by atoms with E-state index in [0.717, 1.165) is 16.7 Å². The molecule has 1 unspecified atom stereocenters. The minimum atomic E-state index is -0.196. The summed E-state index contributed by atoms with van der Waals surface area (Å²) < 4.78 is 0. The fraction of sp³-hybridized carbons (Fsp3) is 0.400. The summed E-state index contributed by atoms with van der Waals surface area (Å²) in [7, 11) is 0. The predicted octanol–water partition coefficient (Wildman–Crippen LogP) is 2.68. The molecule has 3 N–H and O–H groups in total. The first-order chi connectivity index (χ1) is 5.95. The van der Waals surface area contributed by atoms with Crippen LogP contribution >= 0.6 is 11.6 Å². The summed E-state index contributed by atoms with van der Waals surface area (Å²) in [5.41, 5.74) is 8.19. The van der Waals surface area contributed by atoms with Gasteiger partial charge in [-0.1, -0.05) is 11.6 Å². The zero-order valence-electron chi connectivity index (χ0n) is 8.06. The summed E-state index contributed by atoms with van der Waals surface area (Å²) in [4.78, 5) is 0. The molecule has 0 heterocycles. The average molecular weight is 200 g/mol. The van der Waals surface area contributed by atoms with Gasteiger partial charge in [0, 0.05) is 16.6 Å². The molecule has 0 amide bonds. The number of hydrogen-bond acceptors (Lipinski definition) is 2. The van der Waals surface area contributed by atoms with Crippen LogP contribution in [0.2, 0.25) is 5.02 Å². The van der Waals surface area contributed by atoms with Crippen molar-refractivity contribution in [1.29, 1.82) is 0 Å². The minimum absolute atomic E-state index is 0.196. The van der Waals surface area contributed by atoms with Crippen LogP contribution in [0, 0.1) is 13.8 Å². The number of phenolic OH excluding ortho intramolecular Hbond substituents is 1. The van der Waals surface area contributed by atoms with E-state index in [9.17, 15) is 5.11 Å². The van der Waals surface area contributed by atoms with E-state index in [1.807, 2.05) is 20.8 Å². The predicted molar refractivity (Wildman–Crippen MR) is 55.2 cm³/mol. The second-order valence-corrected chi connectivity index (χ2v) is 3.73. The molecule has 0 saturated carbocycles. The van der Waals surface area contributed by atoms with Gasteiger partial charge in [-0.15, -0.1) is 0 Å². The highest BCUT2D eigenvalue weighted by molar-refractivity contribution is 6.32. The van der Waals surface area contributed by atoms with Crippen LogP contribution < -0.4 is 5.73 Å². The van der Waals surface area contributed by atoms with Crippen molar-refractivity contribution in [2.45, 2.75) is 26.8 Å². The Morgan fingerprint density at radius 1 is 1.46 bits per heavy atom. The van der Waals surface area contributed by atoms with E-state index in [4.69, 9.17) is 17.3 Å². The Morgan fingerprint density at radius 2 is 2.00 bits per heavy atom. The van der Waals surface area contributed by atoms with Crippen LogP contribution in [0.5, 0.6) is 5.75 Å². The summed E-state index contributed by atoms with van der Waals surface area (Å²) in [6.45, 7) is 5.56. The van der Waals surface area contributed by atoms with Gasteiger partial charge in [0.25, 0.3) is 0 Å². The topological polar surface area (TPSA) is 46.2 Å². The Morgan fingerprint density at radius 3 is 2.46 bits per heavy atom. The maximum Gasteiger partial charge on any atom is 0.120 e. The lowest BCUT2D eigenvalue weighted by molar-refractivity contribution is 0.462. The maximum atomic E-state index is 9.63. The van der Waals surface area contributed by atoms with Crippen LogP contribution in [0.4, 0.5) is 0 Å². The molecule has 0 radical (unpaired) electrons. The highest BCUT2D eigenvalue weighted by Crippen LogP contribution is 2.33. The molecule has 0 fully saturated rings. The van der Waals surface area contributed by atoms with Crippen molar-refractivity contribution in [2.75, 3.05) is 0 Å². The molecule has 0 saturated heterocycles. The Kier molecular flexibility index (Phi) is 2.84. The van der Waals surface area contributed by atoms with Gasteiger partial charge in [-0.05, 0) is 38.0 Å². The lowest BCUT2D eigenvalue weighted by atomic mass is 9.99. The van der Waals surface area contributed by atoms with Crippen LogP contribution in [0.25, 0.3) is 0 Å². The van der Waals surface area contributed by atoms with Crippen molar-refractivity contribution < 1.29 is 5.11 Å². The fourth-order valence-corrected chi connectivity index (χ4v) is 1.68. The first kappa shape index (κ1) is 10.4. The van der Waals surface area contributed by atoms with Crippen LogP contribution in [-0.2, 0) is 0 Å². The number of phenols is 1. The maximum absolute atomic E-state index is 9.63. The van der Waals surface area contributed by atoms with Crippen LogP contribution in [-0.4, -0.2) is 5.11 Å². The second-order valence-electron chi connectivity index (χ2n) is 3.35. The minimum Gasteiger partial charge on any atom is -0.508 e. The lowest BCUT2D eigenvalue weighted by Gasteiger charge is -2.14. The normalized spacial score (nSPS) is 13.0. The number of benzene rings is 1. The molecule has 0 aliphatic carbocycles. The fourth-order valence-electron chi connectivity index (χ4n) is 1.53. The van der Waals surface area contributed by atoms with Crippen molar-refractivity contribution in [1.82, 2.24) is 0 Å². The standard InChI is InChI=1S/C10H14ClNO/c1-5-4-8(13)9(7(3)12)6(2)10(5)11/h4,7,13H,12H2,1-3H3. The van der Waals surface area contributed by atoms with Crippen LogP contribution in [0.15, 0.2) is 6.07 Å². The number of rotatable bonds is 1. The highest BCUT2D eigenvalue weighted by Gasteiger charge is 2.13. The number of halogens is 1. The molecule has 1 aromatic carbocycles. The molecule has 13 heavy (non-hydrogen) atoms. The molecule has 0 aliphatic heterocycles. The summed E-state index contributed by atoms with van der Waals surface area (Å²) in [6, 6.07) is 1.45. The van der Waals surface area contributed by atoms with Gasteiger partial charge in [0.1, 0.15) is 5.75 Å². The third-order valence-corrected chi connectivity index (χ3v) is 2.75. The molecule has 2 nitrogen and oxygen atoms in total. The van der Waals surface area contributed by atoms with Crippen molar-refractivity contribution in [2.24, 2.45) is 5.73 Å². The SMILES string of the molecule is Cc1cc(O)c(C(C)N)c(C)c1Cl. The first-order valence-corrected chi connectivity index (χ1v) is 4.57. The highest BCUT2D eigenvalue weighted by atomic mass is 35.5. The second kappa shape index (κ2) is 3.56. The largest absolute Gasteiger partial charge is 0.508 e. The van der Waals surface area contributed by atoms with E-state index >= 15 is 0 Å². The van der Waals surface area contributed by atoms with Crippen LogP contribution in [0.3, 0.4) is 0 Å². The Bertz CT molecular complexity index is 334. The lowest BCUT2D eigenvalue weighted by Crippen LogP contribution is -2.08. The van der Waals surface area contributed by atoms with Gasteiger partial charge in [0.05, 0.1) is 0 Å². The van der Waals surface area contributed by atoms with Gasteiger partial charge in [-0.25, -0.2) is 0 Å². The summed E-state index contributed by atoms with van der Waals surface area (Å²) in [5.74, 6) is 0.231. The molecule has 1 atom stereocenters. The van der Waals surface area contributed by atoms with E-state index < -0.39 is 0 Å². The molecular formula is C10H14ClNO. The molecular weight excluding hydrogens is 186 g/mol. The van der Waals surface area contributed by atoms with Crippen LogP contribution in [0.1, 0.15) is 29.7 Å². The van der Waals surface area contributed by atoms with E-state index in [1.54, 1.807) is 6.07 Å². The van der Waals surface area contributed by atoms with Gasteiger partial charge >= 0.3 is 0 Å². The number of aromatic hydroxyl groups is 1. The number of aryl methyl sites for hydroxylation is 1.